The van der Waals surface area contributed by atoms with E-state index in [0.29, 0.717) is 0 Å². The summed E-state index contributed by atoms with van der Waals surface area (Å²) in [4.78, 5) is 0.126. The van der Waals surface area contributed by atoms with Crippen LogP contribution < -0.4 is 4.72 Å². The SMILES string of the molecule is Cc1cc(S(=O)(=O)Nc2ccc(Br)c(F)c2)ccc1Br. The van der Waals surface area contributed by atoms with Crippen LogP contribution in [0.25, 0.3) is 0 Å². The van der Waals surface area contributed by atoms with Crippen LogP contribution in [-0.2, 0) is 10.0 Å². The molecule has 0 heterocycles. The largest absolute Gasteiger partial charge is 0.280 e. The molecule has 3 nitrogen and oxygen atoms in total. The number of benzene rings is 2. The number of rotatable bonds is 3. The van der Waals surface area contributed by atoms with Gasteiger partial charge in [-0.15, -0.1) is 0 Å². The van der Waals surface area contributed by atoms with E-state index in [-0.39, 0.29) is 15.1 Å². The molecule has 0 aliphatic rings. The van der Waals surface area contributed by atoms with Crippen molar-refractivity contribution in [2.75, 3.05) is 4.72 Å². The molecule has 0 aliphatic carbocycles. The van der Waals surface area contributed by atoms with Crippen LogP contribution >= 0.6 is 31.9 Å². The molecule has 0 spiro atoms. The van der Waals surface area contributed by atoms with Gasteiger partial charge >= 0.3 is 0 Å². The molecule has 106 valence electrons. The standard InChI is InChI=1S/C13H10Br2FNO2S/c1-8-6-10(3-5-11(8)14)20(18,19)17-9-2-4-12(15)13(16)7-9/h2-7,17H,1H3. The second-order valence-electron chi connectivity index (χ2n) is 4.15. The van der Waals surface area contributed by atoms with E-state index in [2.05, 4.69) is 36.6 Å². The third kappa shape index (κ3) is 3.39. The summed E-state index contributed by atoms with van der Waals surface area (Å²) in [6.45, 7) is 1.79. The van der Waals surface area contributed by atoms with Gasteiger partial charge in [-0.3, -0.25) is 4.72 Å². The number of aryl methyl sites for hydroxylation is 1. The molecular weight excluding hydrogens is 413 g/mol. The van der Waals surface area contributed by atoms with Crippen molar-refractivity contribution >= 4 is 47.6 Å². The average Bonchev–Trinajstić information content (AvgIpc) is 2.37. The highest BCUT2D eigenvalue weighted by Gasteiger charge is 2.15. The molecule has 0 fully saturated rings. The van der Waals surface area contributed by atoms with Crippen molar-refractivity contribution in [3.8, 4) is 0 Å². The van der Waals surface area contributed by atoms with Crippen LogP contribution in [0.3, 0.4) is 0 Å². The van der Waals surface area contributed by atoms with E-state index in [9.17, 15) is 12.8 Å². The van der Waals surface area contributed by atoms with E-state index in [4.69, 9.17) is 0 Å². The first-order valence-corrected chi connectivity index (χ1v) is 8.60. The molecule has 7 heteroatoms. The zero-order chi connectivity index (χ0) is 14.9. The molecular formula is C13H10Br2FNO2S. The zero-order valence-corrected chi connectivity index (χ0v) is 14.3. The molecule has 0 unspecified atom stereocenters. The van der Waals surface area contributed by atoms with Crippen molar-refractivity contribution in [3.63, 3.8) is 0 Å². The Bertz CT molecular complexity index is 763. The summed E-state index contributed by atoms with van der Waals surface area (Å²) in [5, 5.41) is 0. The fourth-order valence-corrected chi connectivity index (χ4v) is 3.19. The summed E-state index contributed by atoms with van der Waals surface area (Å²) in [7, 11) is -3.74. The Balaban J connectivity index is 2.35. The first-order valence-electron chi connectivity index (χ1n) is 5.53. The van der Waals surface area contributed by atoms with Gasteiger partial charge in [0.1, 0.15) is 5.82 Å². The van der Waals surface area contributed by atoms with Gasteiger partial charge in [0.25, 0.3) is 10.0 Å². The Labute approximate surface area is 133 Å². The van der Waals surface area contributed by atoms with Gasteiger partial charge in [0.05, 0.1) is 15.1 Å². The van der Waals surface area contributed by atoms with Gasteiger partial charge in [0.15, 0.2) is 0 Å². The molecule has 0 aliphatic heterocycles. The molecule has 0 saturated carbocycles. The molecule has 0 atom stereocenters. The lowest BCUT2D eigenvalue weighted by Crippen LogP contribution is -2.13. The number of hydrogen-bond donors (Lipinski definition) is 1. The predicted molar refractivity (Wildman–Crippen MR) is 83.8 cm³/mol. The fraction of sp³-hybridized carbons (Fsp3) is 0.0769. The topological polar surface area (TPSA) is 46.2 Å². The highest BCUT2D eigenvalue weighted by Crippen LogP contribution is 2.24. The van der Waals surface area contributed by atoms with Crippen molar-refractivity contribution < 1.29 is 12.8 Å². The summed E-state index contributed by atoms with van der Waals surface area (Å²) in [6, 6.07) is 8.73. The summed E-state index contributed by atoms with van der Waals surface area (Å²) < 4.78 is 41.2. The molecule has 0 bridgehead atoms. The minimum atomic E-state index is -3.74. The summed E-state index contributed by atoms with van der Waals surface area (Å²) in [6.07, 6.45) is 0. The lowest BCUT2D eigenvalue weighted by molar-refractivity contribution is 0.601. The van der Waals surface area contributed by atoms with Crippen molar-refractivity contribution in [1.82, 2.24) is 0 Å². The zero-order valence-electron chi connectivity index (χ0n) is 10.3. The van der Waals surface area contributed by atoms with Crippen LogP contribution in [0.1, 0.15) is 5.56 Å². The first kappa shape index (κ1) is 15.5. The number of hydrogen-bond acceptors (Lipinski definition) is 2. The van der Waals surface area contributed by atoms with Gasteiger partial charge in [-0.25, -0.2) is 12.8 Å². The molecule has 0 radical (unpaired) electrons. The minimum absolute atomic E-state index is 0.126. The summed E-state index contributed by atoms with van der Waals surface area (Å²) >= 11 is 6.32. The Hall–Kier alpha value is -0.920. The van der Waals surface area contributed by atoms with Crippen LogP contribution in [0, 0.1) is 12.7 Å². The maximum absolute atomic E-state index is 13.4. The second kappa shape index (κ2) is 5.83. The van der Waals surface area contributed by atoms with Crippen molar-refractivity contribution in [1.29, 1.82) is 0 Å². The minimum Gasteiger partial charge on any atom is -0.280 e. The van der Waals surface area contributed by atoms with Gasteiger partial charge in [0.2, 0.25) is 0 Å². The van der Waals surface area contributed by atoms with E-state index < -0.39 is 15.8 Å². The summed E-state index contributed by atoms with van der Waals surface area (Å²) in [5.74, 6) is -0.530. The monoisotopic (exact) mass is 421 g/mol. The molecule has 2 aromatic carbocycles. The number of nitrogens with one attached hydrogen (secondary N) is 1. The van der Waals surface area contributed by atoms with Crippen LogP contribution in [0.15, 0.2) is 50.2 Å². The highest BCUT2D eigenvalue weighted by molar-refractivity contribution is 9.10. The van der Waals surface area contributed by atoms with E-state index in [1.165, 1.54) is 18.2 Å². The Kier molecular flexibility index (Phi) is 4.51. The Morgan fingerprint density at radius 2 is 1.70 bits per heavy atom. The van der Waals surface area contributed by atoms with Gasteiger partial charge in [-0.2, -0.15) is 0 Å². The first-order chi connectivity index (χ1) is 9.29. The van der Waals surface area contributed by atoms with Crippen molar-refractivity contribution in [2.24, 2.45) is 0 Å². The molecule has 2 rings (SSSR count). The number of anilines is 1. The smallest absolute Gasteiger partial charge is 0.261 e. The second-order valence-corrected chi connectivity index (χ2v) is 7.54. The molecule has 1 N–H and O–H groups in total. The number of halogens is 3. The molecule has 0 amide bonds. The normalized spacial score (nSPS) is 11.4. The lowest BCUT2D eigenvalue weighted by Gasteiger charge is -2.09. The quantitative estimate of drug-likeness (QED) is 0.793. The van der Waals surface area contributed by atoms with E-state index in [1.54, 1.807) is 19.1 Å². The molecule has 0 saturated heterocycles. The number of sulfonamides is 1. The Morgan fingerprint density at radius 1 is 1.05 bits per heavy atom. The van der Waals surface area contributed by atoms with Crippen molar-refractivity contribution in [2.45, 2.75) is 11.8 Å². The van der Waals surface area contributed by atoms with Crippen LogP contribution in [0.5, 0.6) is 0 Å². The maximum atomic E-state index is 13.4. The van der Waals surface area contributed by atoms with E-state index in [0.717, 1.165) is 16.1 Å². The molecule has 20 heavy (non-hydrogen) atoms. The van der Waals surface area contributed by atoms with Crippen LogP contribution in [0.2, 0.25) is 0 Å². The average molecular weight is 423 g/mol. The van der Waals surface area contributed by atoms with Crippen LogP contribution in [0.4, 0.5) is 10.1 Å². The van der Waals surface area contributed by atoms with Gasteiger partial charge < -0.3 is 0 Å². The van der Waals surface area contributed by atoms with Crippen LogP contribution in [-0.4, -0.2) is 8.42 Å². The third-order valence-corrected chi connectivity index (χ3v) is 5.52. The van der Waals surface area contributed by atoms with E-state index >= 15 is 0 Å². The summed E-state index contributed by atoms with van der Waals surface area (Å²) in [5.41, 5.74) is 0.973. The molecule has 2 aromatic rings. The van der Waals surface area contributed by atoms with Gasteiger partial charge in [0, 0.05) is 4.47 Å². The van der Waals surface area contributed by atoms with Crippen molar-refractivity contribution in [3.05, 3.63) is 56.7 Å². The Morgan fingerprint density at radius 3 is 2.30 bits per heavy atom. The predicted octanol–water partition coefficient (Wildman–Crippen LogP) is 4.46. The maximum Gasteiger partial charge on any atom is 0.261 e. The van der Waals surface area contributed by atoms with Gasteiger partial charge in [-0.05, 0) is 64.8 Å². The third-order valence-electron chi connectivity index (χ3n) is 2.61. The highest BCUT2D eigenvalue weighted by atomic mass is 79.9. The lowest BCUT2D eigenvalue weighted by atomic mass is 10.2. The molecule has 0 aromatic heterocycles. The fourth-order valence-electron chi connectivity index (χ4n) is 1.56. The van der Waals surface area contributed by atoms with Gasteiger partial charge in [-0.1, -0.05) is 15.9 Å². The van der Waals surface area contributed by atoms with E-state index in [1.807, 2.05) is 0 Å².